The summed E-state index contributed by atoms with van der Waals surface area (Å²) in [4.78, 5) is 27.3. The van der Waals surface area contributed by atoms with E-state index in [1.807, 2.05) is 4.90 Å². The van der Waals surface area contributed by atoms with Gasteiger partial charge in [-0.2, -0.15) is 5.26 Å². The smallest absolute Gasteiger partial charge is 0.332 e. The Morgan fingerprint density at radius 1 is 1.40 bits per heavy atom. The second-order valence-electron chi connectivity index (χ2n) is 6.16. The number of nitriles is 1. The molecule has 25 heavy (non-hydrogen) atoms. The van der Waals surface area contributed by atoms with Gasteiger partial charge in [0.25, 0.3) is 5.56 Å². The van der Waals surface area contributed by atoms with Gasteiger partial charge in [0.1, 0.15) is 5.82 Å². The Morgan fingerprint density at radius 2 is 2.20 bits per heavy atom. The molecule has 1 aromatic heterocycles. The molecule has 1 aliphatic heterocycles. The van der Waals surface area contributed by atoms with Crippen LogP contribution in [0.4, 0.5) is 5.82 Å². The highest BCUT2D eigenvalue weighted by atomic mass is 16.2. The molecule has 2 N–H and O–H groups in total. The third-order valence-electron chi connectivity index (χ3n) is 4.42. The van der Waals surface area contributed by atoms with Crippen molar-refractivity contribution < 1.29 is 4.11 Å². The molecule has 0 spiro atoms. The summed E-state index contributed by atoms with van der Waals surface area (Å²) in [5.74, 6) is 0.318. The Hall–Kier alpha value is -2.85. The quantitative estimate of drug-likeness (QED) is 0.814. The second kappa shape index (κ2) is 6.95. The highest BCUT2D eigenvalue weighted by molar-refractivity contribution is 5.42. The van der Waals surface area contributed by atoms with Crippen molar-refractivity contribution in [1.82, 2.24) is 9.13 Å². The van der Waals surface area contributed by atoms with E-state index in [1.54, 1.807) is 24.3 Å². The molecule has 1 aromatic carbocycles. The minimum Gasteiger partial charge on any atom is -0.356 e. The number of rotatable bonds is 3. The van der Waals surface area contributed by atoms with Gasteiger partial charge in [0.2, 0.25) is 0 Å². The number of nitrogens with zero attached hydrogens (tertiary/aromatic N) is 4. The van der Waals surface area contributed by atoms with Crippen LogP contribution >= 0.6 is 0 Å². The SMILES string of the molecule is [2H][13C]([2H])([2H])n1c(=O)cc(N2CCC[C@@H](N)C2)n(Cc2ccccc2C#N)c1=O. The van der Waals surface area contributed by atoms with Crippen LogP contribution in [-0.4, -0.2) is 28.3 Å². The zero-order valence-corrected chi connectivity index (χ0v) is 13.7. The predicted octanol–water partition coefficient (Wildman–Crippen LogP) is 0.394. The topological polar surface area (TPSA) is 97.1 Å². The van der Waals surface area contributed by atoms with E-state index in [-0.39, 0.29) is 17.2 Å². The third kappa shape index (κ3) is 3.35. The van der Waals surface area contributed by atoms with Crippen LogP contribution in [0, 0.1) is 11.3 Å². The van der Waals surface area contributed by atoms with Crippen LogP contribution < -0.4 is 21.9 Å². The van der Waals surface area contributed by atoms with Gasteiger partial charge in [-0.3, -0.25) is 13.9 Å². The first-order chi connectivity index (χ1) is 13.2. The number of piperidine rings is 1. The standard InChI is InChI=1S/C18H21N5O2/c1-21-17(24)9-16(22-8-4-7-15(20)12-22)23(18(21)25)11-14-6-3-2-5-13(14)10-19/h2-3,5-6,9,15H,4,7-8,11-12,20H2,1H3/t15-/m1/s1/i1+1D3. The molecule has 1 saturated heterocycles. The summed E-state index contributed by atoms with van der Waals surface area (Å²) in [6.45, 7) is -1.87. The van der Waals surface area contributed by atoms with Gasteiger partial charge >= 0.3 is 5.69 Å². The molecule has 1 aliphatic rings. The molecule has 0 unspecified atom stereocenters. The zero-order valence-electron chi connectivity index (χ0n) is 16.7. The molecule has 0 bridgehead atoms. The molecular weight excluding hydrogens is 319 g/mol. The van der Waals surface area contributed by atoms with Crippen LogP contribution in [0.25, 0.3) is 0 Å². The summed E-state index contributed by atoms with van der Waals surface area (Å²) in [7, 11) is 0. The summed E-state index contributed by atoms with van der Waals surface area (Å²) >= 11 is 0. The fourth-order valence-corrected chi connectivity index (χ4v) is 3.13. The molecule has 7 nitrogen and oxygen atoms in total. The molecule has 0 aliphatic carbocycles. The minimum atomic E-state index is -2.90. The highest BCUT2D eigenvalue weighted by Crippen LogP contribution is 2.19. The van der Waals surface area contributed by atoms with Crippen LogP contribution in [0.3, 0.4) is 0 Å². The van der Waals surface area contributed by atoms with Gasteiger partial charge in [0.15, 0.2) is 0 Å². The Morgan fingerprint density at radius 3 is 2.92 bits per heavy atom. The molecule has 0 amide bonds. The summed E-state index contributed by atoms with van der Waals surface area (Å²) < 4.78 is 24.2. The van der Waals surface area contributed by atoms with Gasteiger partial charge in [-0.1, -0.05) is 18.2 Å². The lowest BCUT2D eigenvalue weighted by Gasteiger charge is -2.34. The van der Waals surface area contributed by atoms with E-state index in [0.29, 0.717) is 30.0 Å². The molecule has 130 valence electrons. The fourth-order valence-electron chi connectivity index (χ4n) is 3.13. The second-order valence-corrected chi connectivity index (χ2v) is 6.16. The zero-order chi connectivity index (χ0) is 20.5. The molecule has 1 fully saturated rings. The van der Waals surface area contributed by atoms with Crippen molar-refractivity contribution >= 4 is 5.82 Å². The van der Waals surface area contributed by atoms with Crippen molar-refractivity contribution in [2.75, 3.05) is 18.0 Å². The molecule has 7 heteroatoms. The van der Waals surface area contributed by atoms with Crippen molar-refractivity contribution in [2.24, 2.45) is 12.7 Å². The van der Waals surface area contributed by atoms with Crippen molar-refractivity contribution in [2.45, 2.75) is 25.4 Å². The van der Waals surface area contributed by atoms with E-state index < -0.39 is 18.2 Å². The van der Waals surface area contributed by atoms with E-state index in [4.69, 9.17) is 9.85 Å². The van der Waals surface area contributed by atoms with Crippen molar-refractivity contribution in [3.63, 3.8) is 0 Å². The minimum absolute atomic E-state index is 0.0278. The molecule has 0 saturated carbocycles. The molecule has 1 atom stereocenters. The molecule has 2 aromatic rings. The lowest BCUT2D eigenvalue weighted by molar-refractivity contribution is 0.491. The third-order valence-corrected chi connectivity index (χ3v) is 4.42. The number of aromatic nitrogens is 2. The highest BCUT2D eigenvalue weighted by Gasteiger charge is 2.22. The average Bonchev–Trinajstić information content (AvgIpc) is 2.63. The van der Waals surface area contributed by atoms with Gasteiger partial charge in [-0.15, -0.1) is 0 Å². The summed E-state index contributed by atoms with van der Waals surface area (Å²) in [6, 6.07) is 9.89. The number of hydrogen-bond acceptors (Lipinski definition) is 5. The first kappa shape index (κ1) is 13.4. The monoisotopic (exact) mass is 343 g/mol. The van der Waals surface area contributed by atoms with Gasteiger partial charge < -0.3 is 10.6 Å². The van der Waals surface area contributed by atoms with Crippen molar-refractivity contribution in [3.8, 4) is 6.07 Å². The summed E-state index contributed by atoms with van der Waals surface area (Å²) in [5, 5.41) is 9.34. The summed E-state index contributed by atoms with van der Waals surface area (Å²) in [6.07, 6.45) is 1.64. The Kier molecular flexibility index (Phi) is 3.74. The van der Waals surface area contributed by atoms with Crippen molar-refractivity contribution in [3.05, 3.63) is 62.3 Å². The van der Waals surface area contributed by atoms with E-state index >= 15 is 0 Å². The van der Waals surface area contributed by atoms with Crippen LogP contribution in [0.2, 0.25) is 0 Å². The van der Waals surface area contributed by atoms with Crippen LogP contribution in [0.15, 0.2) is 39.9 Å². The molecule has 0 radical (unpaired) electrons. The number of hydrogen-bond donors (Lipinski definition) is 1. The van der Waals surface area contributed by atoms with E-state index in [9.17, 15) is 14.9 Å². The maximum Gasteiger partial charge on any atom is 0.332 e. The molecular formula is C18H21N5O2. The Balaban J connectivity index is 2.21. The first-order valence-corrected chi connectivity index (χ1v) is 8.08. The van der Waals surface area contributed by atoms with Crippen LogP contribution in [-0.2, 0) is 13.5 Å². The predicted molar refractivity (Wildman–Crippen MR) is 95.6 cm³/mol. The van der Waals surface area contributed by atoms with Crippen LogP contribution in [0.1, 0.15) is 28.1 Å². The van der Waals surface area contributed by atoms with E-state index in [0.717, 1.165) is 12.8 Å². The Bertz CT molecular complexity index is 1040. The maximum absolute atomic E-state index is 13.0. The fraction of sp³-hybridized carbons (Fsp3) is 0.389. The average molecular weight is 343 g/mol. The number of benzene rings is 1. The number of anilines is 1. The maximum atomic E-state index is 13.0. The molecule has 3 rings (SSSR count). The number of nitrogens with two attached hydrogens (primary N) is 1. The lowest BCUT2D eigenvalue weighted by Crippen LogP contribution is -2.47. The summed E-state index contributed by atoms with van der Waals surface area (Å²) in [5.41, 5.74) is 5.16. The Labute approximate surface area is 149 Å². The van der Waals surface area contributed by atoms with Crippen LogP contribution in [0.5, 0.6) is 0 Å². The van der Waals surface area contributed by atoms with Crippen molar-refractivity contribution in [1.29, 1.82) is 5.26 Å². The van der Waals surface area contributed by atoms with E-state index in [2.05, 4.69) is 6.07 Å². The first-order valence-electron chi connectivity index (χ1n) is 9.58. The normalized spacial score (nSPS) is 19.6. The lowest BCUT2D eigenvalue weighted by atomic mass is 10.1. The van der Waals surface area contributed by atoms with Gasteiger partial charge in [0.05, 0.1) is 18.2 Å². The van der Waals surface area contributed by atoms with E-state index in [1.165, 1.54) is 10.6 Å². The van der Waals surface area contributed by atoms with Gasteiger partial charge in [-0.25, -0.2) is 4.79 Å². The van der Waals surface area contributed by atoms with Gasteiger partial charge in [0, 0.05) is 36.3 Å². The molecule has 2 heterocycles. The largest absolute Gasteiger partial charge is 0.356 e. The van der Waals surface area contributed by atoms with Gasteiger partial charge in [-0.05, 0) is 24.5 Å².